The van der Waals surface area contributed by atoms with E-state index in [1.54, 1.807) is 49.4 Å². The fourth-order valence-corrected chi connectivity index (χ4v) is 2.40. The van der Waals surface area contributed by atoms with Crippen molar-refractivity contribution in [2.75, 3.05) is 16.8 Å². The van der Waals surface area contributed by atoms with Crippen molar-refractivity contribution in [2.24, 2.45) is 0 Å². The molecule has 0 aromatic heterocycles. The van der Waals surface area contributed by atoms with E-state index in [-0.39, 0.29) is 5.91 Å². The Morgan fingerprint density at radius 3 is 2.48 bits per heavy atom. The van der Waals surface area contributed by atoms with Crippen molar-refractivity contribution in [1.29, 1.82) is 0 Å². The van der Waals surface area contributed by atoms with Crippen LogP contribution in [0.5, 0.6) is 5.75 Å². The Morgan fingerprint density at radius 1 is 1.08 bits per heavy atom. The highest BCUT2D eigenvalue weighted by molar-refractivity contribution is 6.42. The average molecular weight is 381 g/mol. The summed E-state index contributed by atoms with van der Waals surface area (Å²) in [5.74, 6) is 0.215. The lowest BCUT2D eigenvalue weighted by molar-refractivity contribution is -0.115. The summed E-state index contributed by atoms with van der Waals surface area (Å²) in [6.45, 7) is 3.97. The van der Waals surface area contributed by atoms with Gasteiger partial charge in [-0.15, -0.1) is 0 Å². The summed E-state index contributed by atoms with van der Waals surface area (Å²) in [4.78, 5) is 25.4. The van der Waals surface area contributed by atoms with E-state index in [0.717, 1.165) is 0 Å². The molecule has 0 saturated heterocycles. The summed E-state index contributed by atoms with van der Waals surface area (Å²) in [5, 5.41) is 3.49. The quantitative estimate of drug-likeness (QED) is 0.758. The van der Waals surface area contributed by atoms with Crippen LogP contribution in [0.3, 0.4) is 0 Å². The molecule has 5 nitrogen and oxygen atoms in total. The van der Waals surface area contributed by atoms with Crippen LogP contribution in [0, 0.1) is 0 Å². The predicted octanol–water partition coefficient (Wildman–Crippen LogP) is 5.37. The Morgan fingerprint density at radius 2 is 1.84 bits per heavy atom. The van der Waals surface area contributed by atoms with Crippen LogP contribution in [0.4, 0.5) is 16.2 Å². The van der Waals surface area contributed by atoms with E-state index >= 15 is 0 Å². The van der Waals surface area contributed by atoms with Crippen LogP contribution in [0.25, 0.3) is 0 Å². The molecule has 7 heteroatoms. The molecule has 2 aromatic carbocycles. The molecule has 0 radical (unpaired) electrons. The van der Waals surface area contributed by atoms with Crippen LogP contribution in [0.2, 0.25) is 10.0 Å². The van der Waals surface area contributed by atoms with Crippen molar-refractivity contribution in [3.63, 3.8) is 0 Å². The molecule has 2 aromatic rings. The number of ether oxygens (including phenoxy) is 1. The van der Waals surface area contributed by atoms with E-state index in [4.69, 9.17) is 27.9 Å². The van der Waals surface area contributed by atoms with Gasteiger partial charge in [0.25, 0.3) is 0 Å². The Hall–Kier alpha value is -2.24. The second-order valence-electron chi connectivity index (χ2n) is 5.14. The molecule has 0 aliphatic heterocycles. The molecule has 0 unspecified atom stereocenters. The van der Waals surface area contributed by atoms with E-state index < -0.39 is 6.09 Å². The lowest BCUT2D eigenvalue weighted by Gasteiger charge is -2.21. The molecule has 25 heavy (non-hydrogen) atoms. The van der Waals surface area contributed by atoms with Gasteiger partial charge in [0.05, 0.1) is 10.0 Å². The van der Waals surface area contributed by atoms with Crippen molar-refractivity contribution in [1.82, 2.24) is 0 Å². The smallest absolute Gasteiger partial charge is 0.410 e. The minimum Gasteiger partial charge on any atom is -0.410 e. The Kier molecular flexibility index (Phi) is 6.67. The number of carbonyl (C=O) groups excluding carboxylic acids is 2. The molecule has 0 fully saturated rings. The van der Waals surface area contributed by atoms with Crippen LogP contribution in [-0.2, 0) is 4.79 Å². The normalized spacial score (nSPS) is 10.2. The molecule has 0 atom stereocenters. The van der Waals surface area contributed by atoms with Crippen molar-refractivity contribution in [2.45, 2.75) is 20.3 Å². The average Bonchev–Trinajstić information content (AvgIpc) is 2.59. The molecular weight excluding hydrogens is 363 g/mol. The number of nitrogens with zero attached hydrogens (tertiary/aromatic N) is 1. The summed E-state index contributed by atoms with van der Waals surface area (Å²) in [6.07, 6.45) is -0.190. The Balaban J connectivity index is 2.15. The number of hydrogen-bond acceptors (Lipinski definition) is 3. The summed E-state index contributed by atoms with van der Waals surface area (Å²) in [6, 6.07) is 11.6. The summed E-state index contributed by atoms with van der Waals surface area (Å²) in [5.41, 5.74) is 1.15. The third-order valence-corrected chi connectivity index (χ3v) is 4.13. The van der Waals surface area contributed by atoms with Gasteiger partial charge in [-0.1, -0.05) is 36.2 Å². The first-order chi connectivity index (χ1) is 11.9. The van der Waals surface area contributed by atoms with Gasteiger partial charge < -0.3 is 10.1 Å². The minimum absolute atomic E-state index is 0.116. The van der Waals surface area contributed by atoms with Gasteiger partial charge in [-0.05, 0) is 37.3 Å². The molecule has 0 aliphatic rings. The van der Waals surface area contributed by atoms with Gasteiger partial charge in [-0.2, -0.15) is 0 Å². The van der Waals surface area contributed by atoms with Crippen LogP contribution >= 0.6 is 23.2 Å². The standard InChI is InChI=1S/C18H18Cl2N2O3/c1-3-17(23)21-12-6-5-7-14(10-12)25-18(24)22(4-2)13-8-9-15(19)16(20)11-13/h5-11H,3-4H2,1-2H3,(H,21,23). The highest BCUT2D eigenvalue weighted by atomic mass is 35.5. The maximum atomic E-state index is 12.5. The third kappa shape index (κ3) is 5.11. The number of nitrogens with one attached hydrogen (secondary N) is 1. The Labute approximate surface area is 156 Å². The number of halogens is 2. The monoisotopic (exact) mass is 380 g/mol. The highest BCUT2D eigenvalue weighted by Crippen LogP contribution is 2.28. The van der Waals surface area contributed by atoms with Gasteiger partial charge in [0.2, 0.25) is 5.91 Å². The van der Waals surface area contributed by atoms with Gasteiger partial charge in [0.15, 0.2) is 0 Å². The molecule has 0 saturated carbocycles. The minimum atomic E-state index is -0.556. The SMILES string of the molecule is CCC(=O)Nc1cccc(OC(=O)N(CC)c2ccc(Cl)c(Cl)c2)c1. The van der Waals surface area contributed by atoms with Crippen molar-refractivity contribution < 1.29 is 14.3 Å². The van der Waals surface area contributed by atoms with Crippen LogP contribution in [0.1, 0.15) is 20.3 Å². The number of benzene rings is 2. The lowest BCUT2D eigenvalue weighted by atomic mass is 10.3. The fraction of sp³-hybridized carbons (Fsp3) is 0.222. The van der Waals surface area contributed by atoms with Crippen LogP contribution in [0.15, 0.2) is 42.5 Å². The highest BCUT2D eigenvalue weighted by Gasteiger charge is 2.17. The Bertz CT molecular complexity index is 781. The molecule has 0 aliphatic carbocycles. The largest absolute Gasteiger partial charge is 0.419 e. The topological polar surface area (TPSA) is 58.6 Å². The van der Waals surface area contributed by atoms with Gasteiger partial charge in [0, 0.05) is 30.4 Å². The van der Waals surface area contributed by atoms with E-state index in [2.05, 4.69) is 5.32 Å². The van der Waals surface area contributed by atoms with Gasteiger partial charge in [0.1, 0.15) is 5.75 Å². The molecule has 0 bridgehead atoms. The number of rotatable bonds is 5. The zero-order valence-corrected chi connectivity index (χ0v) is 15.4. The van der Waals surface area contributed by atoms with E-state index in [1.807, 2.05) is 6.92 Å². The molecule has 0 heterocycles. The first-order valence-electron chi connectivity index (χ1n) is 7.79. The van der Waals surface area contributed by atoms with Crippen LogP contribution < -0.4 is 15.0 Å². The second kappa shape index (κ2) is 8.74. The number of carbonyl (C=O) groups is 2. The summed E-state index contributed by atoms with van der Waals surface area (Å²) < 4.78 is 5.41. The van der Waals surface area contributed by atoms with Crippen molar-refractivity contribution in [3.05, 3.63) is 52.5 Å². The third-order valence-electron chi connectivity index (χ3n) is 3.40. The van der Waals surface area contributed by atoms with E-state index in [1.165, 1.54) is 4.90 Å². The zero-order chi connectivity index (χ0) is 18.4. The lowest BCUT2D eigenvalue weighted by Crippen LogP contribution is -2.33. The molecule has 2 rings (SSSR count). The van der Waals surface area contributed by atoms with Crippen LogP contribution in [-0.4, -0.2) is 18.5 Å². The first-order valence-corrected chi connectivity index (χ1v) is 8.54. The number of amides is 2. The van der Waals surface area contributed by atoms with Crippen molar-refractivity contribution >= 4 is 46.6 Å². The molecule has 0 spiro atoms. The van der Waals surface area contributed by atoms with Gasteiger partial charge in [-0.3, -0.25) is 9.69 Å². The van der Waals surface area contributed by atoms with E-state index in [9.17, 15) is 9.59 Å². The van der Waals surface area contributed by atoms with E-state index in [0.29, 0.717) is 40.1 Å². The molecule has 1 N–H and O–H groups in total. The molecule has 132 valence electrons. The maximum absolute atomic E-state index is 12.5. The zero-order valence-electron chi connectivity index (χ0n) is 13.9. The summed E-state index contributed by atoms with van der Waals surface area (Å²) in [7, 11) is 0. The first kappa shape index (κ1) is 19.1. The second-order valence-corrected chi connectivity index (χ2v) is 5.95. The predicted molar refractivity (Wildman–Crippen MR) is 101 cm³/mol. The maximum Gasteiger partial charge on any atom is 0.419 e. The molecule has 2 amide bonds. The van der Waals surface area contributed by atoms with Gasteiger partial charge in [-0.25, -0.2) is 4.79 Å². The van der Waals surface area contributed by atoms with Crippen molar-refractivity contribution in [3.8, 4) is 5.75 Å². The number of hydrogen-bond donors (Lipinski definition) is 1. The number of anilines is 2. The molecular formula is C18H18Cl2N2O3. The fourth-order valence-electron chi connectivity index (χ4n) is 2.11. The summed E-state index contributed by atoms with van der Waals surface area (Å²) >= 11 is 11.9. The van der Waals surface area contributed by atoms with Gasteiger partial charge >= 0.3 is 6.09 Å².